The number of hydrogen-bond acceptors (Lipinski definition) is 2. The Morgan fingerprint density at radius 1 is 1.30 bits per heavy atom. The third-order valence-electron chi connectivity index (χ3n) is 3.29. The molecule has 0 aliphatic heterocycles. The molecule has 0 aliphatic rings. The molecule has 1 aromatic carbocycles. The minimum absolute atomic E-state index is 0.0586. The Kier molecular flexibility index (Phi) is 4.74. The summed E-state index contributed by atoms with van der Waals surface area (Å²) < 4.78 is 0. The van der Waals surface area contributed by atoms with Crippen LogP contribution in [0.3, 0.4) is 0 Å². The third kappa shape index (κ3) is 3.17. The summed E-state index contributed by atoms with van der Waals surface area (Å²) in [6, 6.07) is 11.6. The highest BCUT2D eigenvalue weighted by molar-refractivity contribution is 6.32. The number of aromatic nitrogens is 1. The number of halogens is 1. The molecule has 1 N–H and O–H groups in total. The molecule has 1 unspecified atom stereocenters. The second-order valence-corrected chi connectivity index (χ2v) is 5.01. The normalized spacial score (nSPS) is 11.9. The van der Waals surface area contributed by atoms with Crippen LogP contribution in [0.25, 0.3) is 0 Å². The largest absolute Gasteiger partial charge is 0.323 e. The molecule has 4 heteroatoms. The van der Waals surface area contributed by atoms with E-state index in [4.69, 9.17) is 11.6 Å². The van der Waals surface area contributed by atoms with Gasteiger partial charge in [0, 0.05) is 6.20 Å². The summed E-state index contributed by atoms with van der Waals surface area (Å²) in [7, 11) is 0. The number of anilines is 1. The van der Waals surface area contributed by atoms with E-state index in [1.165, 1.54) is 0 Å². The van der Waals surface area contributed by atoms with E-state index >= 15 is 0 Å². The van der Waals surface area contributed by atoms with Crippen molar-refractivity contribution in [1.29, 1.82) is 0 Å². The van der Waals surface area contributed by atoms with E-state index in [0.29, 0.717) is 10.8 Å². The number of rotatable bonds is 4. The van der Waals surface area contributed by atoms with Gasteiger partial charge >= 0.3 is 0 Å². The van der Waals surface area contributed by atoms with Gasteiger partial charge < -0.3 is 5.32 Å². The van der Waals surface area contributed by atoms with Gasteiger partial charge in [0.05, 0.1) is 11.6 Å². The van der Waals surface area contributed by atoms with Crippen LogP contribution < -0.4 is 5.32 Å². The summed E-state index contributed by atoms with van der Waals surface area (Å²) in [5.41, 5.74) is 2.50. The lowest BCUT2D eigenvalue weighted by molar-refractivity contribution is -0.117. The smallest absolute Gasteiger partial charge is 0.231 e. The van der Waals surface area contributed by atoms with Gasteiger partial charge in [-0.2, -0.15) is 0 Å². The van der Waals surface area contributed by atoms with Gasteiger partial charge in [0.25, 0.3) is 0 Å². The molecule has 0 spiro atoms. The van der Waals surface area contributed by atoms with E-state index < -0.39 is 0 Å². The fraction of sp³-hybridized carbons (Fsp3) is 0.250. The predicted molar refractivity (Wildman–Crippen MR) is 82.1 cm³/mol. The summed E-state index contributed by atoms with van der Waals surface area (Å²) in [5.74, 6) is -0.247. The van der Waals surface area contributed by atoms with Gasteiger partial charge in [-0.3, -0.25) is 4.79 Å². The highest BCUT2D eigenvalue weighted by Crippen LogP contribution is 2.26. The molecule has 1 amide bonds. The zero-order valence-corrected chi connectivity index (χ0v) is 12.3. The van der Waals surface area contributed by atoms with Crippen molar-refractivity contribution in [3.8, 4) is 0 Å². The van der Waals surface area contributed by atoms with Crippen LogP contribution in [0.15, 0.2) is 42.6 Å². The molecule has 20 heavy (non-hydrogen) atoms. The fourth-order valence-corrected chi connectivity index (χ4v) is 2.40. The molecule has 2 aromatic rings. The first-order valence-electron chi connectivity index (χ1n) is 6.60. The van der Waals surface area contributed by atoms with E-state index in [2.05, 4.69) is 10.3 Å². The van der Waals surface area contributed by atoms with Gasteiger partial charge in [0.2, 0.25) is 5.91 Å². The number of benzene rings is 1. The van der Waals surface area contributed by atoms with E-state index in [9.17, 15) is 4.79 Å². The average Bonchev–Trinajstić information content (AvgIpc) is 2.45. The quantitative estimate of drug-likeness (QED) is 0.858. The Balaban J connectivity index is 2.23. The average molecular weight is 289 g/mol. The van der Waals surface area contributed by atoms with Crippen molar-refractivity contribution >= 4 is 23.2 Å². The van der Waals surface area contributed by atoms with E-state index in [1.54, 1.807) is 6.20 Å². The lowest BCUT2D eigenvalue weighted by atomic mass is 9.95. The second-order valence-electron chi connectivity index (χ2n) is 4.65. The number of pyridine rings is 1. The van der Waals surface area contributed by atoms with Crippen LogP contribution in [0.5, 0.6) is 0 Å². The molecule has 0 bridgehead atoms. The van der Waals surface area contributed by atoms with Crippen LogP contribution in [-0.2, 0) is 4.79 Å². The van der Waals surface area contributed by atoms with Crippen molar-refractivity contribution in [3.63, 3.8) is 0 Å². The number of carbonyl (C=O) groups excluding carboxylic acids is 1. The summed E-state index contributed by atoms with van der Waals surface area (Å²) in [4.78, 5) is 16.5. The molecular formula is C16H17ClN2O. The zero-order chi connectivity index (χ0) is 14.5. The van der Waals surface area contributed by atoms with E-state index in [0.717, 1.165) is 17.5 Å². The molecule has 2 rings (SSSR count). The van der Waals surface area contributed by atoms with Gasteiger partial charge in [-0.05, 0) is 30.5 Å². The van der Waals surface area contributed by atoms with E-state index in [1.807, 2.05) is 50.2 Å². The second kappa shape index (κ2) is 6.53. The highest BCUT2D eigenvalue weighted by Gasteiger charge is 2.20. The number of nitrogens with zero attached hydrogens (tertiary/aromatic N) is 1. The molecule has 0 radical (unpaired) electrons. The fourth-order valence-electron chi connectivity index (χ4n) is 2.14. The number of nitrogens with one attached hydrogen (secondary N) is 1. The van der Waals surface area contributed by atoms with Crippen molar-refractivity contribution in [3.05, 3.63) is 58.9 Å². The van der Waals surface area contributed by atoms with Gasteiger partial charge in [0.15, 0.2) is 5.15 Å². The Bertz CT molecular complexity index is 578. The van der Waals surface area contributed by atoms with Gasteiger partial charge in [-0.25, -0.2) is 4.98 Å². The monoisotopic (exact) mass is 288 g/mol. The molecule has 0 aliphatic carbocycles. The lowest BCUT2D eigenvalue weighted by Gasteiger charge is -2.17. The van der Waals surface area contributed by atoms with Gasteiger partial charge in [0.1, 0.15) is 0 Å². The summed E-state index contributed by atoms with van der Waals surface area (Å²) in [5, 5.41) is 3.22. The lowest BCUT2D eigenvalue weighted by Crippen LogP contribution is -2.21. The summed E-state index contributed by atoms with van der Waals surface area (Å²) in [6.07, 6.45) is 2.36. The topological polar surface area (TPSA) is 42.0 Å². The van der Waals surface area contributed by atoms with Crippen molar-refractivity contribution in [2.45, 2.75) is 26.2 Å². The Morgan fingerprint density at radius 2 is 2.00 bits per heavy atom. The maximum atomic E-state index is 12.5. The number of carbonyl (C=O) groups is 1. The predicted octanol–water partition coefficient (Wildman–Crippen LogP) is 4.18. The van der Waals surface area contributed by atoms with Crippen LogP contribution >= 0.6 is 11.6 Å². The van der Waals surface area contributed by atoms with Crippen molar-refractivity contribution in [2.24, 2.45) is 0 Å². The third-order valence-corrected chi connectivity index (χ3v) is 3.57. The standard InChI is InChI=1S/C16H17ClN2O/c1-3-13(12-7-5-4-6-8-12)16(20)19-14-11(2)9-10-18-15(14)17/h4-10,13H,3H2,1-2H3,(H,19,20). The maximum Gasteiger partial charge on any atom is 0.231 e. The molecule has 104 valence electrons. The van der Waals surface area contributed by atoms with Crippen LogP contribution in [0.1, 0.15) is 30.4 Å². The minimum atomic E-state index is -0.188. The molecule has 1 heterocycles. The highest BCUT2D eigenvalue weighted by atomic mass is 35.5. The maximum absolute atomic E-state index is 12.5. The van der Waals surface area contributed by atoms with Crippen molar-refractivity contribution < 1.29 is 4.79 Å². The first kappa shape index (κ1) is 14.5. The summed E-state index contributed by atoms with van der Waals surface area (Å²) in [6.45, 7) is 3.89. The van der Waals surface area contributed by atoms with Gasteiger partial charge in [-0.15, -0.1) is 0 Å². The Hall–Kier alpha value is -1.87. The van der Waals surface area contributed by atoms with E-state index in [-0.39, 0.29) is 11.8 Å². The first-order valence-corrected chi connectivity index (χ1v) is 6.98. The van der Waals surface area contributed by atoms with Gasteiger partial charge in [-0.1, -0.05) is 48.9 Å². The zero-order valence-electron chi connectivity index (χ0n) is 11.6. The van der Waals surface area contributed by atoms with Crippen LogP contribution in [0, 0.1) is 6.92 Å². The first-order chi connectivity index (χ1) is 9.63. The Labute approximate surface area is 124 Å². The SMILES string of the molecule is CCC(C(=O)Nc1c(C)ccnc1Cl)c1ccccc1. The van der Waals surface area contributed by atoms with Crippen molar-refractivity contribution in [2.75, 3.05) is 5.32 Å². The molecule has 0 fully saturated rings. The van der Waals surface area contributed by atoms with Crippen LogP contribution in [0.4, 0.5) is 5.69 Å². The molecule has 0 saturated heterocycles. The van der Waals surface area contributed by atoms with Crippen LogP contribution in [0.2, 0.25) is 5.15 Å². The van der Waals surface area contributed by atoms with Crippen molar-refractivity contribution in [1.82, 2.24) is 4.98 Å². The molecule has 3 nitrogen and oxygen atoms in total. The number of hydrogen-bond donors (Lipinski definition) is 1. The Morgan fingerprint density at radius 3 is 2.60 bits per heavy atom. The number of aryl methyl sites for hydroxylation is 1. The van der Waals surface area contributed by atoms with Crippen LogP contribution in [-0.4, -0.2) is 10.9 Å². The molecule has 1 aromatic heterocycles. The molecule has 0 saturated carbocycles. The minimum Gasteiger partial charge on any atom is -0.323 e. The summed E-state index contributed by atoms with van der Waals surface area (Å²) >= 11 is 6.04. The molecule has 1 atom stereocenters. The number of amides is 1. The molecular weight excluding hydrogens is 272 g/mol.